The topological polar surface area (TPSA) is 102 Å². The van der Waals surface area contributed by atoms with Gasteiger partial charge in [-0.05, 0) is 57.3 Å². The van der Waals surface area contributed by atoms with Gasteiger partial charge in [-0.15, -0.1) is 0 Å². The number of benzene rings is 1. The number of hydroxylamine groups is 1. The molecule has 0 saturated carbocycles. The first-order chi connectivity index (χ1) is 16.5. The van der Waals surface area contributed by atoms with Gasteiger partial charge in [-0.25, -0.2) is 5.48 Å². The minimum absolute atomic E-state index is 0.132. The predicted octanol–water partition coefficient (Wildman–Crippen LogP) is 3.73. The fourth-order valence-corrected chi connectivity index (χ4v) is 3.89. The minimum Gasteiger partial charge on any atom is -0.309 e. The normalized spacial score (nSPS) is 13.3. The maximum absolute atomic E-state index is 13.5. The summed E-state index contributed by atoms with van der Waals surface area (Å²) in [5, 5.41) is 10.8. The molecule has 1 rings (SSSR count). The number of hydrazine groups is 1. The van der Waals surface area contributed by atoms with E-state index < -0.39 is 17.7 Å². The van der Waals surface area contributed by atoms with E-state index in [4.69, 9.17) is 0 Å². The molecule has 3 amide bonds. The van der Waals surface area contributed by atoms with Crippen LogP contribution in [0.1, 0.15) is 58.9 Å². The van der Waals surface area contributed by atoms with Gasteiger partial charge < -0.3 is 4.90 Å². The molecule has 0 aliphatic rings. The molecule has 0 saturated heterocycles. The molecule has 8 heteroatoms. The highest BCUT2D eigenvalue weighted by molar-refractivity contribution is 5.89. The van der Waals surface area contributed by atoms with Crippen molar-refractivity contribution in [1.29, 1.82) is 0 Å². The standard InChI is InChI=1S/C27H44N4O4/c1-20(2)18-24(23(27(34)29-35)15-10-14-22-12-8-7-9-13-22)26(33)28-31(19-21(3)4)25(32)16-11-17-30(5)6/h7-10,12-14,20-21,23-24,35H,11,15-19H2,1-6H3,(H,28,33)(H,29,34)/t23-,24+/m0/s1. The Morgan fingerprint density at radius 1 is 0.971 bits per heavy atom. The fourth-order valence-electron chi connectivity index (χ4n) is 3.89. The third kappa shape index (κ3) is 12.0. The first-order valence-corrected chi connectivity index (χ1v) is 12.5. The Balaban J connectivity index is 3.07. The predicted molar refractivity (Wildman–Crippen MR) is 139 cm³/mol. The molecule has 1 aromatic carbocycles. The van der Waals surface area contributed by atoms with Crippen molar-refractivity contribution in [2.24, 2.45) is 23.7 Å². The molecule has 0 radical (unpaired) electrons. The van der Waals surface area contributed by atoms with Gasteiger partial charge in [-0.2, -0.15) is 0 Å². The lowest BCUT2D eigenvalue weighted by atomic mass is 9.82. The lowest BCUT2D eigenvalue weighted by Crippen LogP contribution is -2.52. The van der Waals surface area contributed by atoms with E-state index in [9.17, 15) is 19.6 Å². The molecule has 0 aliphatic carbocycles. The van der Waals surface area contributed by atoms with Crippen LogP contribution >= 0.6 is 0 Å². The summed E-state index contributed by atoms with van der Waals surface area (Å²) in [5.74, 6) is -2.37. The largest absolute Gasteiger partial charge is 0.309 e. The summed E-state index contributed by atoms with van der Waals surface area (Å²) in [5.41, 5.74) is 5.51. The molecule has 3 N–H and O–H groups in total. The van der Waals surface area contributed by atoms with Crippen LogP contribution in [0.3, 0.4) is 0 Å². The van der Waals surface area contributed by atoms with E-state index in [0.717, 1.165) is 12.1 Å². The highest BCUT2D eigenvalue weighted by Crippen LogP contribution is 2.26. The second kappa shape index (κ2) is 16.1. The van der Waals surface area contributed by atoms with E-state index in [-0.39, 0.29) is 30.1 Å². The molecule has 0 fully saturated rings. The van der Waals surface area contributed by atoms with Crippen molar-refractivity contribution in [2.45, 2.75) is 53.4 Å². The van der Waals surface area contributed by atoms with Gasteiger partial charge in [-0.1, -0.05) is 70.2 Å². The Morgan fingerprint density at radius 3 is 2.17 bits per heavy atom. The molecule has 0 bridgehead atoms. The Morgan fingerprint density at radius 2 is 1.63 bits per heavy atom. The summed E-state index contributed by atoms with van der Waals surface area (Å²) in [6.07, 6.45) is 5.45. The van der Waals surface area contributed by atoms with Crippen molar-refractivity contribution in [3.05, 3.63) is 42.0 Å². The molecular weight excluding hydrogens is 444 g/mol. The molecular formula is C27H44N4O4. The van der Waals surface area contributed by atoms with Gasteiger partial charge in [0.15, 0.2) is 0 Å². The number of carbonyl (C=O) groups excluding carboxylic acids is 3. The van der Waals surface area contributed by atoms with Crippen LogP contribution in [-0.2, 0) is 14.4 Å². The second-order valence-corrected chi connectivity index (χ2v) is 10.1. The molecule has 1 aromatic rings. The number of amides is 3. The van der Waals surface area contributed by atoms with E-state index in [0.29, 0.717) is 25.8 Å². The van der Waals surface area contributed by atoms with E-state index in [1.54, 1.807) is 5.48 Å². The van der Waals surface area contributed by atoms with Crippen molar-refractivity contribution in [3.63, 3.8) is 0 Å². The third-order valence-electron chi connectivity index (χ3n) is 5.58. The molecule has 0 spiro atoms. The number of carbonyl (C=O) groups is 3. The Kier molecular flexibility index (Phi) is 13.9. The molecule has 8 nitrogen and oxygen atoms in total. The van der Waals surface area contributed by atoms with Crippen molar-refractivity contribution >= 4 is 23.8 Å². The highest BCUT2D eigenvalue weighted by Gasteiger charge is 2.35. The van der Waals surface area contributed by atoms with Crippen molar-refractivity contribution in [3.8, 4) is 0 Å². The zero-order valence-corrected chi connectivity index (χ0v) is 22.2. The van der Waals surface area contributed by atoms with Gasteiger partial charge in [0.05, 0.1) is 11.8 Å². The molecule has 0 aromatic heterocycles. The maximum atomic E-state index is 13.5. The Hall–Kier alpha value is -2.71. The van der Waals surface area contributed by atoms with Crippen LogP contribution in [0.5, 0.6) is 0 Å². The van der Waals surface area contributed by atoms with E-state index >= 15 is 0 Å². The summed E-state index contributed by atoms with van der Waals surface area (Å²) in [7, 11) is 3.90. The van der Waals surface area contributed by atoms with Gasteiger partial charge in [-0.3, -0.25) is 30.0 Å². The van der Waals surface area contributed by atoms with Crippen molar-refractivity contribution < 1.29 is 19.6 Å². The Bertz CT molecular complexity index is 809. The number of allylic oxidation sites excluding steroid dienone is 1. The van der Waals surface area contributed by atoms with Gasteiger partial charge >= 0.3 is 0 Å². The number of nitrogens with zero attached hydrogens (tertiary/aromatic N) is 2. The third-order valence-corrected chi connectivity index (χ3v) is 5.58. The van der Waals surface area contributed by atoms with Gasteiger partial charge in [0, 0.05) is 13.0 Å². The monoisotopic (exact) mass is 488 g/mol. The minimum atomic E-state index is -0.785. The van der Waals surface area contributed by atoms with Crippen LogP contribution < -0.4 is 10.9 Å². The van der Waals surface area contributed by atoms with E-state index in [2.05, 4.69) is 5.43 Å². The average molecular weight is 489 g/mol. The molecule has 196 valence electrons. The van der Waals surface area contributed by atoms with Crippen LogP contribution in [0, 0.1) is 23.7 Å². The number of hydrogen-bond acceptors (Lipinski definition) is 5. The zero-order valence-electron chi connectivity index (χ0n) is 22.2. The summed E-state index contributed by atoms with van der Waals surface area (Å²) in [4.78, 5) is 41.0. The number of hydrogen-bond donors (Lipinski definition) is 3. The van der Waals surface area contributed by atoms with Gasteiger partial charge in [0.2, 0.25) is 17.7 Å². The van der Waals surface area contributed by atoms with Gasteiger partial charge in [0.25, 0.3) is 0 Å². The SMILES string of the molecule is CC(C)C[C@@H](C(=O)NN(CC(C)C)C(=O)CCCN(C)C)[C@H](CC=Cc1ccccc1)C(=O)NO. The average Bonchev–Trinajstić information content (AvgIpc) is 2.79. The fraction of sp³-hybridized carbons (Fsp3) is 0.593. The van der Waals surface area contributed by atoms with Crippen molar-refractivity contribution in [2.75, 3.05) is 27.2 Å². The van der Waals surface area contributed by atoms with E-state index in [1.165, 1.54) is 5.01 Å². The number of rotatable bonds is 14. The first kappa shape index (κ1) is 30.3. The molecule has 0 aliphatic heterocycles. The second-order valence-electron chi connectivity index (χ2n) is 10.1. The van der Waals surface area contributed by atoms with Crippen LogP contribution in [0.15, 0.2) is 36.4 Å². The zero-order chi connectivity index (χ0) is 26.4. The van der Waals surface area contributed by atoms with E-state index in [1.807, 2.05) is 89.2 Å². The summed E-state index contributed by atoms with van der Waals surface area (Å²) >= 11 is 0. The smallest absolute Gasteiger partial charge is 0.247 e. The molecule has 0 unspecified atom stereocenters. The lowest BCUT2D eigenvalue weighted by molar-refractivity contribution is -0.148. The molecule has 0 heterocycles. The number of nitrogens with one attached hydrogen (secondary N) is 2. The van der Waals surface area contributed by atoms with Crippen molar-refractivity contribution in [1.82, 2.24) is 20.8 Å². The van der Waals surface area contributed by atoms with Crippen LogP contribution in [-0.4, -0.2) is 60.0 Å². The molecule has 2 atom stereocenters. The summed E-state index contributed by atoms with van der Waals surface area (Å²) in [6, 6.07) is 9.66. The van der Waals surface area contributed by atoms with Crippen LogP contribution in [0.25, 0.3) is 6.08 Å². The highest BCUT2D eigenvalue weighted by atomic mass is 16.5. The van der Waals surface area contributed by atoms with Crippen LogP contribution in [0.2, 0.25) is 0 Å². The first-order valence-electron chi connectivity index (χ1n) is 12.5. The van der Waals surface area contributed by atoms with Gasteiger partial charge in [0.1, 0.15) is 0 Å². The van der Waals surface area contributed by atoms with Crippen LogP contribution in [0.4, 0.5) is 0 Å². The quantitative estimate of drug-likeness (QED) is 0.274. The summed E-state index contributed by atoms with van der Waals surface area (Å²) < 4.78 is 0. The summed E-state index contributed by atoms with van der Waals surface area (Å²) in [6.45, 7) is 9.07. The molecule has 35 heavy (non-hydrogen) atoms. The maximum Gasteiger partial charge on any atom is 0.247 e. The Labute approximate surface area is 210 Å². The lowest BCUT2D eigenvalue weighted by Gasteiger charge is -2.30.